The molecule has 0 aromatic carbocycles. The molecule has 0 saturated heterocycles. The third-order valence-corrected chi connectivity index (χ3v) is 3.83. The van der Waals surface area contributed by atoms with Gasteiger partial charge in [0.25, 0.3) is 0 Å². The summed E-state index contributed by atoms with van der Waals surface area (Å²) in [4.78, 5) is 2.71. The van der Waals surface area contributed by atoms with Crippen LogP contribution in [0, 0.1) is 0 Å². The Morgan fingerprint density at radius 2 is 2.15 bits per heavy atom. The summed E-state index contributed by atoms with van der Waals surface area (Å²) in [5.74, 6) is 0.833. The van der Waals surface area contributed by atoms with Crippen LogP contribution in [0.2, 0.25) is 0 Å². The van der Waals surface area contributed by atoms with Crippen LogP contribution in [-0.2, 0) is 12.8 Å². The van der Waals surface area contributed by atoms with Crippen LogP contribution < -0.4 is 0 Å². The summed E-state index contributed by atoms with van der Waals surface area (Å²) in [6.07, 6.45) is 3.75. The van der Waals surface area contributed by atoms with Gasteiger partial charge < -0.3 is 5.11 Å². The van der Waals surface area contributed by atoms with Crippen molar-refractivity contribution < 1.29 is 5.11 Å². The van der Waals surface area contributed by atoms with E-state index in [4.69, 9.17) is 0 Å². The summed E-state index contributed by atoms with van der Waals surface area (Å²) < 4.78 is 0. The second-order valence-electron chi connectivity index (χ2n) is 3.03. The fraction of sp³-hybridized carbons (Fsp3) is 0.600. The van der Waals surface area contributed by atoms with Gasteiger partial charge in [-0.2, -0.15) is 11.8 Å². The lowest BCUT2D eigenvalue weighted by Crippen LogP contribution is -2.12. The lowest BCUT2D eigenvalue weighted by atomic mass is 10.2. The number of aryl methyl sites for hydroxylation is 1. The van der Waals surface area contributed by atoms with E-state index in [1.807, 2.05) is 17.6 Å². The fourth-order valence-electron chi connectivity index (χ4n) is 1.21. The Bertz CT molecular complexity index is 245. The monoisotopic (exact) mass is 216 g/mol. The van der Waals surface area contributed by atoms with Gasteiger partial charge in [0.15, 0.2) is 0 Å². The van der Waals surface area contributed by atoms with Crippen molar-refractivity contribution in [3.05, 3.63) is 21.9 Å². The first-order valence-corrected chi connectivity index (χ1v) is 6.72. The zero-order valence-electron chi connectivity index (χ0n) is 8.12. The van der Waals surface area contributed by atoms with E-state index in [1.165, 1.54) is 9.75 Å². The second-order valence-corrected chi connectivity index (χ2v) is 5.20. The molecule has 1 atom stereocenters. The van der Waals surface area contributed by atoms with Crippen molar-refractivity contribution in [2.24, 2.45) is 0 Å². The largest absolute Gasteiger partial charge is 0.392 e. The third-order valence-electron chi connectivity index (χ3n) is 1.86. The van der Waals surface area contributed by atoms with Crippen LogP contribution in [-0.4, -0.2) is 23.2 Å². The smallest absolute Gasteiger partial charge is 0.0678 e. The molecule has 1 nitrogen and oxygen atoms in total. The normalized spacial score (nSPS) is 13.2. The molecule has 0 bridgehead atoms. The van der Waals surface area contributed by atoms with E-state index in [-0.39, 0.29) is 6.10 Å². The summed E-state index contributed by atoms with van der Waals surface area (Å²) in [7, 11) is 0. The van der Waals surface area contributed by atoms with Gasteiger partial charge in [0, 0.05) is 21.9 Å². The first-order valence-electron chi connectivity index (χ1n) is 4.50. The van der Waals surface area contributed by atoms with E-state index in [0.717, 1.165) is 18.6 Å². The van der Waals surface area contributed by atoms with Gasteiger partial charge in [-0.15, -0.1) is 11.3 Å². The fourth-order valence-corrected chi connectivity index (χ4v) is 2.74. The molecule has 1 unspecified atom stereocenters. The average Bonchev–Trinajstić information content (AvgIpc) is 2.52. The zero-order chi connectivity index (χ0) is 9.68. The van der Waals surface area contributed by atoms with Crippen molar-refractivity contribution in [1.29, 1.82) is 0 Å². The van der Waals surface area contributed by atoms with Crippen molar-refractivity contribution in [2.45, 2.75) is 25.9 Å². The SMILES string of the molecule is CCc1ccc(CC(O)CSC)s1. The first-order chi connectivity index (χ1) is 6.26. The molecule has 1 rings (SSSR count). The van der Waals surface area contributed by atoms with E-state index < -0.39 is 0 Å². The van der Waals surface area contributed by atoms with Gasteiger partial charge in [0.05, 0.1) is 6.10 Å². The minimum Gasteiger partial charge on any atom is -0.392 e. The van der Waals surface area contributed by atoms with E-state index in [9.17, 15) is 5.11 Å². The van der Waals surface area contributed by atoms with Gasteiger partial charge in [-0.25, -0.2) is 0 Å². The van der Waals surface area contributed by atoms with Gasteiger partial charge in [-0.05, 0) is 24.8 Å². The number of rotatable bonds is 5. The second kappa shape index (κ2) is 5.68. The molecule has 0 aliphatic rings. The van der Waals surface area contributed by atoms with Gasteiger partial charge in [-0.1, -0.05) is 6.92 Å². The predicted molar refractivity (Wildman–Crippen MR) is 61.8 cm³/mol. The van der Waals surface area contributed by atoms with Crippen LogP contribution in [0.15, 0.2) is 12.1 Å². The average molecular weight is 216 g/mol. The minimum atomic E-state index is -0.182. The highest BCUT2D eigenvalue weighted by Crippen LogP contribution is 2.19. The topological polar surface area (TPSA) is 20.2 Å². The lowest BCUT2D eigenvalue weighted by Gasteiger charge is -2.05. The summed E-state index contributed by atoms with van der Waals surface area (Å²) in [6.45, 7) is 2.16. The highest BCUT2D eigenvalue weighted by atomic mass is 32.2. The molecule has 1 aromatic rings. The van der Waals surface area contributed by atoms with Crippen LogP contribution in [0.3, 0.4) is 0 Å². The molecule has 0 spiro atoms. The molecule has 3 heteroatoms. The Kier molecular flexibility index (Phi) is 4.84. The van der Waals surface area contributed by atoms with Crippen molar-refractivity contribution in [2.75, 3.05) is 12.0 Å². The van der Waals surface area contributed by atoms with Crippen LogP contribution in [0.4, 0.5) is 0 Å². The Morgan fingerprint density at radius 3 is 2.69 bits per heavy atom. The first kappa shape index (κ1) is 11.1. The van der Waals surface area contributed by atoms with Crippen LogP contribution in [0.1, 0.15) is 16.7 Å². The molecule has 0 aliphatic carbocycles. The Hall–Kier alpha value is 0.01000. The summed E-state index contributed by atoms with van der Waals surface area (Å²) in [5.41, 5.74) is 0. The number of thioether (sulfide) groups is 1. The Labute approximate surface area is 88.2 Å². The van der Waals surface area contributed by atoms with E-state index >= 15 is 0 Å². The zero-order valence-corrected chi connectivity index (χ0v) is 9.75. The van der Waals surface area contributed by atoms with E-state index in [1.54, 1.807) is 11.8 Å². The Morgan fingerprint density at radius 1 is 1.46 bits per heavy atom. The molecule has 13 heavy (non-hydrogen) atoms. The number of aliphatic hydroxyl groups excluding tert-OH is 1. The van der Waals surface area contributed by atoms with Crippen molar-refractivity contribution in [3.63, 3.8) is 0 Å². The van der Waals surface area contributed by atoms with Crippen LogP contribution in [0.5, 0.6) is 0 Å². The van der Waals surface area contributed by atoms with Crippen LogP contribution in [0.25, 0.3) is 0 Å². The number of thiophene rings is 1. The highest BCUT2D eigenvalue weighted by molar-refractivity contribution is 7.98. The predicted octanol–water partition coefficient (Wildman–Crippen LogP) is 2.58. The quantitative estimate of drug-likeness (QED) is 0.816. The van der Waals surface area contributed by atoms with Crippen molar-refractivity contribution in [3.8, 4) is 0 Å². The standard InChI is InChI=1S/C10H16OS2/c1-3-9-4-5-10(13-9)6-8(11)7-12-2/h4-5,8,11H,3,6-7H2,1-2H3. The molecule has 1 N–H and O–H groups in total. The van der Waals surface area contributed by atoms with Gasteiger partial charge in [-0.3, -0.25) is 0 Å². The molecule has 74 valence electrons. The van der Waals surface area contributed by atoms with Crippen molar-refractivity contribution in [1.82, 2.24) is 0 Å². The minimum absolute atomic E-state index is 0.182. The molecular weight excluding hydrogens is 200 g/mol. The van der Waals surface area contributed by atoms with E-state index in [0.29, 0.717) is 0 Å². The molecule has 1 heterocycles. The summed E-state index contributed by atoms with van der Waals surface area (Å²) >= 11 is 3.51. The maximum atomic E-state index is 9.57. The molecule has 0 radical (unpaired) electrons. The molecule has 0 amide bonds. The third kappa shape index (κ3) is 3.71. The van der Waals surface area contributed by atoms with E-state index in [2.05, 4.69) is 19.1 Å². The maximum Gasteiger partial charge on any atom is 0.0678 e. The summed E-state index contributed by atoms with van der Waals surface area (Å²) in [5, 5.41) is 9.57. The molecule has 1 aromatic heterocycles. The van der Waals surface area contributed by atoms with Crippen LogP contribution >= 0.6 is 23.1 Å². The summed E-state index contributed by atoms with van der Waals surface area (Å²) in [6, 6.07) is 4.29. The Balaban J connectivity index is 2.44. The number of hydrogen-bond acceptors (Lipinski definition) is 3. The lowest BCUT2D eigenvalue weighted by molar-refractivity contribution is 0.201. The highest BCUT2D eigenvalue weighted by Gasteiger charge is 2.06. The van der Waals surface area contributed by atoms with Gasteiger partial charge in [0.2, 0.25) is 0 Å². The molecule has 0 fully saturated rings. The molecule has 0 aliphatic heterocycles. The molecule has 0 saturated carbocycles. The number of hydrogen-bond donors (Lipinski definition) is 1. The van der Waals surface area contributed by atoms with Gasteiger partial charge >= 0.3 is 0 Å². The van der Waals surface area contributed by atoms with Crippen molar-refractivity contribution >= 4 is 23.1 Å². The maximum absolute atomic E-state index is 9.57. The number of aliphatic hydroxyl groups is 1. The molecular formula is C10H16OS2. The van der Waals surface area contributed by atoms with Gasteiger partial charge in [0.1, 0.15) is 0 Å².